The first-order chi connectivity index (χ1) is 7.65. The van der Waals surface area contributed by atoms with Crippen molar-refractivity contribution in [2.75, 3.05) is 0 Å². The lowest BCUT2D eigenvalue weighted by Gasteiger charge is -2.07. The summed E-state index contributed by atoms with van der Waals surface area (Å²) < 4.78 is 8.37. The molecule has 0 atom stereocenters. The highest BCUT2D eigenvalue weighted by Crippen LogP contribution is 2.22. The van der Waals surface area contributed by atoms with Gasteiger partial charge in [0.15, 0.2) is 0 Å². The van der Waals surface area contributed by atoms with E-state index in [1.165, 1.54) is 0 Å². The monoisotopic (exact) mass is 281 g/mol. The van der Waals surface area contributed by atoms with E-state index in [2.05, 4.69) is 26.2 Å². The summed E-state index contributed by atoms with van der Waals surface area (Å²) in [5.74, 6) is 0.869. The molecule has 0 saturated carbocycles. The first kappa shape index (κ1) is 11.1. The van der Waals surface area contributed by atoms with Crippen molar-refractivity contribution in [3.63, 3.8) is 0 Å². The van der Waals surface area contributed by atoms with E-state index in [9.17, 15) is 0 Å². The molecule has 1 aromatic carbocycles. The van der Waals surface area contributed by atoms with Crippen molar-refractivity contribution < 1.29 is 4.74 Å². The number of rotatable bonds is 3. The molecule has 1 aromatic heterocycles. The summed E-state index contributed by atoms with van der Waals surface area (Å²) in [4.78, 5) is 0. The minimum atomic E-state index is 0.441. The van der Waals surface area contributed by atoms with Crippen LogP contribution in [-0.4, -0.2) is 15.0 Å². The van der Waals surface area contributed by atoms with Crippen LogP contribution in [0.3, 0.4) is 0 Å². The molecule has 5 heteroatoms. The zero-order valence-corrected chi connectivity index (χ0v) is 10.7. The average Bonchev–Trinajstić information content (AvgIpc) is 2.63. The van der Waals surface area contributed by atoms with E-state index in [-0.39, 0.29) is 0 Å². The van der Waals surface area contributed by atoms with Gasteiger partial charge in [-0.25, -0.2) is 0 Å². The minimum absolute atomic E-state index is 0.441. The molecule has 0 unspecified atom stereocenters. The number of aromatic nitrogens is 3. The average molecular weight is 282 g/mol. The zero-order valence-electron chi connectivity index (χ0n) is 9.14. The number of hydrogen-bond acceptors (Lipinski definition) is 3. The highest BCUT2D eigenvalue weighted by atomic mass is 79.9. The Morgan fingerprint density at radius 1 is 1.44 bits per heavy atom. The van der Waals surface area contributed by atoms with Crippen LogP contribution in [-0.2, 0) is 13.7 Å². The predicted octanol–water partition coefficient (Wildman–Crippen LogP) is 2.47. The maximum absolute atomic E-state index is 5.65. The van der Waals surface area contributed by atoms with Crippen molar-refractivity contribution in [3.8, 4) is 5.75 Å². The Morgan fingerprint density at radius 2 is 2.25 bits per heavy atom. The van der Waals surface area contributed by atoms with Crippen LogP contribution in [0.25, 0.3) is 0 Å². The van der Waals surface area contributed by atoms with Gasteiger partial charge in [0, 0.05) is 11.5 Å². The van der Waals surface area contributed by atoms with E-state index in [0.29, 0.717) is 6.61 Å². The van der Waals surface area contributed by atoms with Gasteiger partial charge in [0.1, 0.15) is 18.1 Å². The molecule has 0 bridgehead atoms. The Morgan fingerprint density at radius 3 is 2.88 bits per heavy atom. The van der Waals surface area contributed by atoms with Crippen LogP contribution >= 0.6 is 15.9 Å². The summed E-state index contributed by atoms with van der Waals surface area (Å²) in [5, 5.41) is 7.80. The molecule has 0 amide bonds. The molecule has 1 heterocycles. The van der Waals surface area contributed by atoms with Crippen LogP contribution in [0.15, 0.2) is 28.9 Å². The lowest BCUT2D eigenvalue weighted by Crippen LogP contribution is -1.97. The highest BCUT2D eigenvalue weighted by Gasteiger charge is 2.03. The van der Waals surface area contributed by atoms with Gasteiger partial charge < -0.3 is 4.74 Å². The fraction of sp³-hybridized carbons (Fsp3) is 0.273. The molecular weight excluding hydrogens is 270 g/mol. The molecular formula is C11H12BrN3O. The van der Waals surface area contributed by atoms with Gasteiger partial charge in [0.2, 0.25) is 0 Å². The summed E-state index contributed by atoms with van der Waals surface area (Å²) in [6.45, 7) is 2.45. The van der Waals surface area contributed by atoms with Gasteiger partial charge in [0.05, 0.1) is 6.20 Å². The highest BCUT2D eigenvalue weighted by molar-refractivity contribution is 9.10. The van der Waals surface area contributed by atoms with Gasteiger partial charge >= 0.3 is 0 Å². The molecule has 0 radical (unpaired) electrons. The third-order valence-electron chi connectivity index (χ3n) is 2.16. The van der Waals surface area contributed by atoms with Gasteiger partial charge in [-0.05, 0) is 30.7 Å². The minimum Gasteiger partial charge on any atom is -0.487 e. The molecule has 0 saturated heterocycles. The molecule has 4 nitrogen and oxygen atoms in total. The predicted molar refractivity (Wildman–Crippen MR) is 64.2 cm³/mol. The van der Waals surface area contributed by atoms with E-state index < -0.39 is 0 Å². The largest absolute Gasteiger partial charge is 0.487 e. The van der Waals surface area contributed by atoms with Crippen molar-refractivity contribution in [3.05, 3.63) is 40.1 Å². The van der Waals surface area contributed by atoms with Crippen molar-refractivity contribution >= 4 is 15.9 Å². The number of hydrogen-bond donors (Lipinski definition) is 0. The molecule has 0 aliphatic rings. The van der Waals surface area contributed by atoms with Crippen LogP contribution in [0.4, 0.5) is 0 Å². The topological polar surface area (TPSA) is 39.9 Å². The summed E-state index contributed by atoms with van der Waals surface area (Å²) in [7, 11) is 1.83. The van der Waals surface area contributed by atoms with E-state index in [1.54, 1.807) is 4.68 Å². The smallest absolute Gasteiger partial charge is 0.134 e. The molecule has 0 fully saturated rings. The molecule has 84 valence electrons. The summed E-state index contributed by atoms with van der Waals surface area (Å²) in [6.07, 6.45) is 1.84. The van der Waals surface area contributed by atoms with Crippen molar-refractivity contribution in [1.29, 1.82) is 0 Å². The standard InChI is InChI=1S/C11H12BrN3O/c1-8-5-9(12)3-4-11(8)16-7-10-6-15(2)14-13-10/h3-6H,7H2,1-2H3. The van der Waals surface area contributed by atoms with Gasteiger partial charge in [0.25, 0.3) is 0 Å². The summed E-state index contributed by atoms with van der Waals surface area (Å²) >= 11 is 3.41. The van der Waals surface area contributed by atoms with E-state index in [0.717, 1.165) is 21.5 Å². The third-order valence-corrected chi connectivity index (χ3v) is 2.66. The van der Waals surface area contributed by atoms with Crippen LogP contribution in [0, 0.1) is 6.92 Å². The van der Waals surface area contributed by atoms with E-state index in [4.69, 9.17) is 4.74 Å². The van der Waals surface area contributed by atoms with Gasteiger partial charge in [-0.2, -0.15) is 0 Å². The van der Waals surface area contributed by atoms with Crippen molar-refractivity contribution in [1.82, 2.24) is 15.0 Å². The molecule has 0 spiro atoms. The molecule has 2 rings (SSSR count). The second-order valence-corrected chi connectivity index (χ2v) is 4.50. The normalized spacial score (nSPS) is 10.4. The fourth-order valence-electron chi connectivity index (χ4n) is 1.39. The van der Waals surface area contributed by atoms with E-state index >= 15 is 0 Å². The zero-order chi connectivity index (χ0) is 11.5. The Bertz CT molecular complexity index is 496. The Labute approximate surface area is 102 Å². The lowest BCUT2D eigenvalue weighted by molar-refractivity contribution is 0.299. The Balaban J connectivity index is 2.04. The van der Waals surface area contributed by atoms with Gasteiger partial charge in [-0.15, -0.1) is 5.10 Å². The maximum Gasteiger partial charge on any atom is 0.134 e. The fourth-order valence-corrected chi connectivity index (χ4v) is 1.86. The molecule has 0 aliphatic carbocycles. The maximum atomic E-state index is 5.65. The number of ether oxygens (including phenoxy) is 1. The molecule has 0 aliphatic heterocycles. The Hall–Kier alpha value is -1.36. The van der Waals surface area contributed by atoms with Gasteiger partial charge in [-0.3, -0.25) is 4.68 Å². The number of aryl methyl sites for hydroxylation is 2. The second kappa shape index (κ2) is 4.65. The molecule has 2 aromatic rings. The van der Waals surface area contributed by atoms with Crippen LogP contribution in [0.1, 0.15) is 11.3 Å². The first-order valence-corrected chi connectivity index (χ1v) is 5.68. The van der Waals surface area contributed by atoms with Crippen LogP contribution in [0.5, 0.6) is 5.75 Å². The summed E-state index contributed by atoms with van der Waals surface area (Å²) in [5.41, 5.74) is 1.92. The van der Waals surface area contributed by atoms with Gasteiger partial charge in [-0.1, -0.05) is 21.1 Å². The van der Waals surface area contributed by atoms with E-state index in [1.807, 2.05) is 38.4 Å². The number of halogens is 1. The summed E-state index contributed by atoms with van der Waals surface area (Å²) in [6, 6.07) is 5.92. The quantitative estimate of drug-likeness (QED) is 0.868. The second-order valence-electron chi connectivity index (χ2n) is 3.58. The van der Waals surface area contributed by atoms with Crippen LogP contribution in [0.2, 0.25) is 0 Å². The Kier molecular flexibility index (Phi) is 3.24. The number of nitrogens with zero attached hydrogens (tertiary/aromatic N) is 3. The van der Waals surface area contributed by atoms with Crippen molar-refractivity contribution in [2.45, 2.75) is 13.5 Å². The van der Waals surface area contributed by atoms with Crippen LogP contribution < -0.4 is 4.74 Å². The van der Waals surface area contributed by atoms with Crippen molar-refractivity contribution in [2.24, 2.45) is 7.05 Å². The molecule has 0 N–H and O–H groups in total. The SMILES string of the molecule is Cc1cc(Br)ccc1OCc1cn(C)nn1. The molecule has 16 heavy (non-hydrogen) atoms. The number of benzene rings is 1. The first-order valence-electron chi connectivity index (χ1n) is 4.89. The lowest BCUT2D eigenvalue weighted by atomic mass is 10.2. The third kappa shape index (κ3) is 2.61.